The van der Waals surface area contributed by atoms with Gasteiger partial charge in [0.05, 0.1) is 5.52 Å². The lowest BCUT2D eigenvalue weighted by molar-refractivity contribution is 0.172. The van der Waals surface area contributed by atoms with Crippen molar-refractivity contribution in [1.29, 1.82) is 0 Å². The number of piperazine rings is 1. The van der Waals surface area contributed by atoms with Crippen LogP contribution in [0.25, 0.3) is 16.6 Å². The normalized spacial score (nSPS) is 20.1. The number of para-hydroxylation sites is 1. The number of carbonyl (C=O) groups excluding carboxylic acids is 1. The number of nitrogens with zero attached hydrogens (tertiary/aromatic N) is 6. The van der Waals surface area contributed by atoms with Gasteiger partial charge >= 0.3 is 6.03 Å². The molecule has 2 aromatic heterocycles. The molecule has 1 saturated heterocycles. The topological polar surface area (TPSA) is 78.7 Å². The minimum Gasteiger partial charge on any atom is -0.338 e. The molecular formula is C24H31N7O. The van der Waals surface area contributed by atoms with Crippen molar-refractivity contribution in [2.24, 2.45) is 0 Å². The summed E-state index contributed by atoms with van der Waals surface area (Å²) in [6, 6.07) is 8.17. The van der Waals surface area contributed by atoms with Crippen LogP contribution in [0.3, 0.4) is 0 Å². The Morgan fingerprint density at radius 3 is 2.78 bits per heavy atom. The highest BCUT2D eigenvalue weighted by Crippen LogP contribution is 2.35. The number of benzene rings is 1. The van der Waals surface area contributed by atoms with Gasteiger partial charge in [-0.2, -0.15) is 0 Å². The van der Waals surface area contributed by atoms with Crippen LogP contribution < -0.4 is 10.2 Å². The van der Waals surface area contributed by atoms with Crippen LogP contribution >= 0.6 is 0 Å². The number of amides is 2. The first kappa shape index (κ1) is 20.7. The standard InChI is InChI=1S/C24H31N7O/c1-3-13-25-24(32)30-15-14-29(16-17(30)2)23-26-20-12-8-7-11-19(20)22-28-27-21(31(22)23)18-9-5-4-6-10-18/h3,7-8,11-12,17-18H,1,4-6,9-10,13-16H2,2H3,(H,25,32)/t17-/m1/s1. The maximum atomic E-state index is 12.5. The van der Waals surface area contributed by atoms with E-state index < -0.39 is 0 Å². The summed E-state index contributed by atoms with van der Waals surface area (Å²) in [5.41, 5.74) is 1.81. The number of urea groups is 1. The fourth-order valence-corrected chi connectivity index (χ4v) is 5.13. The van der Waals surface area contributed by atoms with Gasteiger partial charge in [-0.25, -0.2) is 14.2 Å². The van der Waals surface area contributed by atoms with Crippen molar-refractivity contribution in [3.05, 3.63) is 42.7 Å². The first-order valence-electron chi connectivity index (χ1n) is 11.7. The highest BCUT2D eigenvalue weighted by Gasteiger charge is 2.31. The molecule has 5 rings (SSSR count). The molecule has 0 spiro atoms. The second-order valence-electron chi connectivity index (χ2n) is 8.94. The molecule has 168 valence electrons. The number of carbonyl (C=O) groups is 1. The highest BCUT2D eigenvalue weighted by atomic mass is 16.2. The highest BCUT2D eigenvalue weighted by molar-refractivity contribution is 5.92. The van der Waals surface area contributed by atoms with E-state index in [1.807, 2.05) is 23.1 Å². The molecule has 3 heterocycles. The smallest absolute Gasteiger partial charge is 0.318 e. The number of hydrogen-bond acceptors (Lipinski definition) is 5. The van der Waals surface area contributed by atoms with E-state index in [0.29, 0.717) is 32.1 Å². The molecule has 2 amide bonds. The first-order chi connectivity index (χ1) is 15.7. The first-order valence-corrected chi connectivity index (χ1v) is 11.7. The third kappa shape index (κ3) is 3.67. The summed E-state index contributed by atoms with van der Waals surface area (Å²) in [6.45, 7) is 8.31. The Morgan fingerprint density at radius 1 is 1.19 bits per heavy atom. The molecule has 8 heteroatoms. The molecule has 0 radical (unpaired) electrons. The lowest BCUT2D eigenvalue weighted by Crippen LogP contribution is -2.57. The molecule has 1 aliphatic carbocycles. The van der Waals surface area contributed by atoms with Crippen molar-refractivity contribution < 1.29 is 4.79 Å². The molecule has 1 N–H and O–H groups in total. The van der Waals surface area contributed by atoms with Crippen molar-refractivity contribution in [3.63, 3.8) is 0 Å². The van der Waals surface area contributed by atoms with Gasteiger partial charge in [-0.05, 0) is 31.9 Å². The summed E-state index contributed by atoms with van der Waals surface area (Å²) < 4.78 is 2.19. The molecular weight excluding hydrogens is 402 g/mol. The minimum atomic E-state index is -0.0409. The Labute approximate surface area is 188 Å². The number of anilines is 1. The van der Waals surface area contributed by atoms with Gasteiger partial charge in [-0.3, -0.25) is 0 Å². The fourth-order valence-electron chi connectivity index (χ4n) is 5.13. The van der Waals surface area contributed by atoms with Crippen molar-refractivity contribution in [2.45, 2.75) is 51.0 Å². The molecule has 8 nitrogen and oxygen atoms in total. The molecule has 1 saturated carbocycles. The largest absolute Gasteiger partial charge is 0.338 e. The van der Waals surface area contributed by atoms with Crippen molar-refractivity contribution in [1.82, 2.24) is 29.8 Å². The summed E-state index contributed by atoms with van der Waals surface area (Å²) in [7, 11) is 0. The third-order valence-electron chi connectivity index (χ3n) is 6.79. The van der Waals surface area contributed by atoms with Gasteiger partial charge in [0.1, 0.15) is 5.82 Å². The Hall–Kier alpha value is -3.16. The Morgan fingerprint density at radius 2 is 2.00 bits per heavy atom. The maximum absolute atomic E-state index is 12.5. The van der Waals surface area contributed by atoms with Crippen LogP contribution in [0.4, 0.5) is 10.7 Å². The van der Waals surface area contributed by atoms with E-state index in [-0.39, 0.29) is 12.1 Å². The lowest BCUT2D eigenvalue weighted by atomic mass is 9.89. The summed E-state index contributed by atoms with van der Waals surface area (Å²) in [6.07, 6.45) is 7.79. The Kier molecular flexibility index (Phi) is 5.68. The lowest BCUT2D eigenvalue weighted by Gasteiger charge is -2.40. The van der Waals surface area contributed by atoms with E-state index in [1.165, 1.54) is 19.3 Å². The third-order valence-corrected chi connectivity index (χ3v) is 6.79. The zero-order valence-corrected chi connectivity index (χ0v) is 18.7. The van der Waals surface area contributed by atoms with Gasteiger partial charge in [-0.15, -0.1) is 16.8 Å². The van der Waals surface area contributed by atoms with Crippen LogP contribution in [0.15, 0.2) is 36.9 Å². The van der Waals surface area contributed by atoms with Gasteiger partial charge in [0.15, 0.2) is 5.65 Å². The molecule has 32 heavy (non-hydrogen) atoms. The van der Waals surface area contributed by atoms with Crippen LogP contribution in [0.1, 0.15) is 50.8 Å². The summed E-state index contributed by atoms with van der Waals surface area (Å²) in [5.74, 6) is 2.35. The molecule has 1 atom stereocenters. The summed E-state index contributed by atoms with van der Waals surface area (Å²) in [5, 5.41) is 13.2. The van der Waals surface area contributed by atoms with Crippen LogP contribution in [0, 0.1) is 0 Å². The van der Waals surface area contributed by atoms with Crippen molar-refractivity contribution in [2.75, 3.05) is 31.1 Å². The number of fused-ring (bicyclic) bond motifs is 3. The zero-order chi connectivity index (χ0) is 22.1. The summed E-state index contributed by atoms with van der Waals surface area (Å²) in [4.78, 5) is 21.8. The van der Waals surface area contributed by atoms with Gasteiger partial charge in [0.25, 0.3) is 0 Å². The molecule has 3 aromatic rings. The van der Waals surface area contributed by atoms with Crippen LogP contribution in [0.5, 0.6) is 0 Å². The molecule has 2 fully saturated rings. The molecule has 1 aromatic carbocycles. The molecule has 0 unspecified atom stereocenters. The van der Waals surface area contributed by atoms with E-state index in [1.54, 1.807) is 6.08 Å². The number of nitrogens with one attached hydrogen (secondary N) is 1. The number of aromatic nitrogens is 4. The van der Waals surface area contributed by atoms with E-state index >= 15 is 0 Å². The van der Waals surface area contributed by atoms with Crippen LogP contribution in [-0.2, 0) is 0 Å². The average molecular weight is 434 g/mol. The minimum absolute atomic E-state index is 0.0409. The Bertz CT molecular complexity index is 1130. The van der Waals surface area contributed by atoms with E-state index in [4.69, 9.17) is 4.98 Å². The predicted octanol–water partition coefficient (Wildman–Crippen LogP) is 3.73. The maximum Gasteiger partial charge on any atom is 0.318 e. The van der Waals surface area contributed by atoms with E-state index in [0.717, 1.165) is 41.2 Å². The molecule has 1 aliphatic heterocycles. The zero-order valence-electron chi connectivity index (χ0n) is 18.7. The van der Waals surface area contributed by atoms with Gasteiger partial charge in [0, 0.05) is 43.5 Å². The monoisotopic (exact) mass is 433 g/mol. The molecule has 0 bridgehead atoms. The van der Waals surface area contributed by atoms with Crippen molar-refractivity contribution >= 4 is 28.5 Å². The molecule has 2 aliphatic rings. The number of rotatable bonds is 4. The van der Waals surface area contributed by atoms with Gasteiger partial charge in [-0.1, -0.05) is 37.5 Å². The average Bonchev–Trinajstić information content (AvgIpc) is 3.28. The number of hydrogen-bond donors (Lipinski definition) is 1. The van der Waals surface area contributed by atoms with E-state index in [9.17, 15) is 4.79 Å². The van der Waals surface area contributed by atoms with Crippen LogP contribution in [-0.4, -0.2) is 62.7 Å². The Balaban J connectivity index is 1.53. The van der Waals surface area contributed by atoms with E-state index in [2.05, 4.69) is 44.4 Å². The quantitative estimate of drug-likeness (QED) is 0.634. The second-order valence-corrected chi connectivity index (χ2v) is 8.94. The van der Waals surface area contributed by atoms with Gasteiger partial charge < -0.3 is 15.1 Å². The van der Waals surface area contributed by atoms with Crippen LogP contribution in [0.2, 0.25) is 0 Å². The predicted molar refractivity (Wildman–Crippen MR) is 126 cm³/mol. The second kappa shape index (κ2) is 8.76. The van der Waals surface area contributed by atoms with Crippen molar-refractivity contribution in [3.8, 4) is 0 Å². The fraction of sp³-hybridized carbons (Fsp3) is 0.500. The SMILES string of the molecule is C=CCNC(=O)N1CCN(c2nc3ccccc3c3nnc(C4CCCCC4)n23)C[C@H]1C. The summed E-state index contributed by atoms with van der Waals surface area (Å²) >= 11 is 0. The van der Waals surface area contributed by atoms with Gasteiger partial charge in [0.2, 0.25) is 5.95 Å².